The van der Waals surface area contributed by atoms with Gasteiger partial charge < -0.3 is 10.2 Å². The molecule has 172 valence electrons. The topological polar surface area (TPSA) is 52.7 Å². The maximum absolute atomic E-state index is 13.3. The maximum atomic E-state index is 13.3. The number of anilines is 1. The summed E-state index contributed by atoms with van der Waals surface area (Å²) < 4.78 is 13.3. The number of carbonyl (C=O) groups is 2. The molecule has 5 nitrogen and oxygen atoms in total. The zero-order chi connectivity index (χ0) is 23.1. The van der Waals surface area contributed by atoms with Gasteiger partial charge in [0, 0.05) is 18.3 Å². The Labute approximate surface area is 190 Å². The van der Waals surface area contributed by atoms with Crippen LogP contribution in [0.5, 0.6) is 0 Å². The first-order valence-corrected chi connectivity index (χ1v) is 11.4. The van der Waals surface area contributed by atoms with Gasteiger partial charge >= 0.3 is 0 Å². The predicted octanol–water partition coefficient (Wildman–Crippen LogP) is 4.67. The van der Waals surface area contributed by atoms with Crippen LogP contribution in [0.15, 0.2) is 42.5 Å². The van der Waals surface area contributed by atoms with Gasteiger partial charge in [-0.15, -0.1) is 0 Å². The van der Waals surface area contributed by atoms with Gasteiger partial charge in [0.25, 0.3) is 0 Å². The molecule has 1 N–H and O–H groups in total. The van der Waals surface area contributed by atoms with Crippen LogP contribution >= 0.6 is 0 Å². The van der Waals surface area contributed by atoms with Crippen molar-refractivity contribution in [3.63, 3.8) is 0 Å². The minimum absolute atomic E-state index is 0.00333. The van der Waals surface area contributed by atoms with Crippen molar-refractivity contribution in [3.05, 3.63) is 65.0 Å². The molecule has 0 aliphatic heterocycles. The third-order valence-corrected chi connectivity index (χ3v) is 6.17. The van der Waals surface area contributed by atoms with E-state index >= 15 is 0 Å². The first kappa shape index (κ1) is 23.9. The summed E-state index contributed by atoms with van der Waals surface area (Å²) in [7, 11) is 1.79. The van der Waals surface area contributed by atoms with E-state index in [9.17, 15) is 14.0 Å². The molecule has 3 rings (SSSR count). The van der Waals surface area contributed by atoms with Crippen molar-refractivity contribution in [2.75, 3.05) is 25.5 Å². The quantitative estimate of drug-likeness (QED) is 0.650. The van der Waals surface area contributed by atoms with E-state index in [1.54, 1.807) is 24.1 Å². The van der Waals surface area contributed by atoms with Gasteiger partial charge in [-0.3, -0.25) is 14.5 Å². The molecule has 0 unspecified atom stereocenters. The molecule has 0 bridgehead atoms. The molecule has 0 spiro atoms. The smallest absolute Gasteiger partial charge is 0.238 e. The molecule has 1 aliphatic rings. The summed E-state index contributed by atoms with van der Waals surface area (Å²) >= 11 is 0. The Morgan fingerprint density at radius 3 is 2.22 bits per heavy atom. The number of nitrogens with zero attached hydrogens (tertiary/aromatic N) is 2. The highest BCUT2D eigenvalue weighted by Crippen LogP contribution is 2.25. The number of hydrogen-bond donors (Lipinski definition) is 1. The zero-order valence-corrected chi connectivity index (χ0v) is 19.4. The molecule has 1 saturated carbocycles. The minimum Gasteiger partial charge on any atom is -0.334 e. The second-order valence-electron chi connectivity index (χ2n) is 8.93. The number of halogens is 1. The largest absolute Gasteiger partial charge is 0.334 e. The number of carbonyl (C=O) groups excluding carboxylic acids is 2. The summed E-state index contributed by atoms with van der Waals surface area (Å²) in [5.74, 6) is -0.414. The molecule has 2 amide bonds. The zero-order valence-electron chi connectivity index (χ0n) is 19.4. The van der Waals surface area contributed by atoms with Gasteiger partial charge in [0.05, 0.1) is 13.1 Å². The van der Waals surface area contributed by atoms with Gasteiger partial charge in [-0.05, 0) is 62.6 Å². The molecule has 0 atom stereocenters. The van der Waals surface area contributed by atoms with Crippen molar-refractivity contribution in [1.29, 1.82) is 0 Å². The van der Waals surface area contributed by atoms with Crippen LogP contribution in [-0.2, 0) is 16.1 Å². The van der Waals surface area contributed by atoms with Crippen LogP contribution in [0.25, 0.3) is 0 Å². The summed E-state index contributed by atoms with van der Waals surface area (Å²) in [6.07, 6.45) is 5.42. The molecule has 0 saturated heterocycles. The van der Waals surface area contributed by atoms with Crippen molar-refractivity contribution in [2.24, 2.45) is 0 Å². The highest BCUT2D eigenvalue weighted by atomic mass is 19.1. The van der Waals surface area contributed by atoms with Gasteiger partial charge in [0.2, 0.25) is 11.8 Å². The second-order valence-corrected chi connectivity index (χ2v) is 8.93. The molecular formula is C26H34FN3O2. The Balaban J connectivity index is 1.62. The number of benzene rings is 2. The van der Waals surface area contributed by atoms with E-state index in [1.807, 2.05) is 36.9 Å². The molecule has 2 aromatic carbocycles. The number of aryl methyl sites for hydroxylation is 2. The lowest BCUT2D eigenvalue weighted by atomic mass is 9.93. The van der Waals surface area contributed by atoms with Crippen LogP contribution in [0.2, 0.25) is 0 Å². The summed E-state index contributed by atoms with van der Waals surface area (Å²) in [6.45, 7) is 4.69. The average Bonchev–Trinajstić information content (AvgIpc) is 2.76. The fraction of sp³-hybridized carbons (Fsp3) is 0.462. The van der Waals surface area contributed by atoms with Crippen LogP contribution in [-0.4, -0.2) is 47.8 Å². The van der Waals surface area contributed by atoms with Crippen LogP contribution < -0.4 is 5.32 Å². The van der Waals surface area contributed by atoms with Crippen molar-refractivity contribution in [2.45, 2.75) is 58.5 Å². The normalized spacial score (nSPS) is 14.4. The summed E-state index contributed by atoms with van der Waals surface area (Å²) in [6, 6.07) is 12.4. The minimum atomic E-state index is -0.279. The third-order valence-electron chi connectivity index (χ3n) is 6.17. The SMILES string of the molecule is Cc1cccc(C)c1NC(=O)CN(C)CC(=O)N(Cc1ccc(F)cc1)C1CCCCC1. The third kappa shape index (κ3) is 6.63. The van der Waals surface area contributed by atoms with Gasteiger partial charge in [0.1, 0.15) is 5.82 Å². The predicted molar refractivity (Wildman–Crippen MR) is 126 cm³/mol. The van der Waals surface area contributed by atoms with E-state index in [0.29, 0.717) is 6.54 Å². The molecule has 2 aromatic rings. The van der Waals surface area contributed by atoms with E-state index in [4.69, 9.17) is 0 Å². The van der Waals surface area contributed by atoms with Crippen LogP contribution in [0.1, 0.15) is 48.8 Å². The lowest BCUT2D eigenvalue weighted by Gasteiger charge is -2.35. The van der Waals surface area contributed by atoms with Crippen LogP contribution in [0.4, 0.5) is 10.1 Å². The molecule has 6 heteroatoms. The molecule has 0 aromatic heterocycles. The summed E-state index contributed by atoms with van der Waals surface area (Å²) in [4.78, 5) is 29.5. The number of likely N-dealkylation sites (N-methyl/N-ethyl adjacent to an activating group) is 1. The van der Waals surface area contributed by atoms with E-state index in [2.05, 4.69) is 5.32 Å². The Kier molecular flexibility index (Phi) is 8.39. The van der Waals surface area contributed by atoms with Gasteiger partial charge in [-0.2, -0.15) is 0 Å². The van der Waals surface area contributed by atoms with Crippen molar-refractivity contribution < 1.29 is 14.0 Å². The number of rotatable bonds is 8. The Morgan fingerprint density at radius 2 is 1.59 bits per heavy atom. The van der Waals surface area contributed by atoms with Gasteiger partial charge in [-0.25, -0.2) is 4.39 Å². The van der Waals surface area contributed by atoms with E-state index in [1.165, 1.54) is 18.6 Å². The van der Waals surface area contributed by atoms with E-state index in [0.717, 1.165) is 48.1 Å². The van der Waals surface area contributed by atoms with Crippen molar-refractivity contribution in [3.8, 4) is 0 Å². The molecule has 32 heavy (non-hydrogen) atoms. The molecule has 0 heterocycles. The highest BCUT2D eigenvalue weighted by Gasteiger charge is 2.26. The Morgan fingerprint density at radius 1 is 0.969 bits per heavy atom. The average molecular weight is 440 g/mol. The molecule has 1 aliphatic carbocycles. The van der Waals surface area contributed by atoms with Crippen LogP contribution in [0, 0.1) is 19.7 Å². The number of para-hydroxylation sites is 1. The molecular weight excluding hydrogens is 405 g/mol. The molecule has 0 radical (unpaired) electrons. The first-order chi connectivity index (χ1) is 15.3. The maximum Gasteiger partial charge on any atom is 0.238 e. The first-order valence-electron chi connectivity index (χ1n) is 11.4. The summed E-state index contributed by atoms with van der Waals surface area (Å²) in [5.41, 5.74) is 3.78. The number of amides is 2. The lowest BCUT2D eigenvalue weighted by Crippen LogP contribution is -2.46. The van der Waals surface area contributed by atoms with E-state index < -0.39 is 0 Å². The lowest BCUT2D eigenvalue weighted by molar-refractivity contribution is -0.136. The fourth-order valence-corrected chi connectivity index (χ4v) is 4.41. The fourth-order valence-electron chi connectivity index (χ4n) is 4.41. The highest BCUT2D eigenvalue weighted by molar-refractivity contribution is 5.94. The van der Waals surface area contributed by atoms with Gasteiger partial charge in [0.15, 0.2) is 0 Å². The standard InChI is InChI=1S/C26H34FN3O2/c1-19-8-7-9-20(2)26(19)28-24(31)17-29(3)18-25(32)30(23-10-5-4-6-11-23)16-21-12-14-22(27)15-13-21/h7-9,12-15,23H,4-6,10-11,16-18H2,1-3H3,(H,28,31). The summed E-state index contributed by atoms with van der Waals surface area (Å²) in [5, 5.41) is 2.98. The van der Waals surface area contributed by atoms with Crippen molar-refractivity contribution >= 4 is 17.5 Å². The molecule has 1 fully saturated rings. The second kappa shape index (κ2) is 11.2. The number of hydrogen-bond acceptors (Lipinski definition) is 3. The Bertz CT molecular complexity index is 903. The van der Waals surface area contributed by atoms with Gasteiger partial charge in [-0.1, -0.05) is 49.6 Å². The number of nitrogens with one attached hydrogen (secondary N) is 1. The van der Waals surface area contributed by atoms with Crippen molar-refractivity contribution in [1.82, 2.24) is 9.80 Å². The van der Waals surface area contributed by atoms with Crippen LogP contribution in [0.3, 0.4) is 0 Å². The Hall–Kier alpha value is -2.73. The van der Waals surface area contributed by atoms with E-state index in [-0.39, 0.29) is 36.8 Å². The monoisotopic (exact) mass is 439 g/mol.